The van der Waals surface area contributed by atoms with Gasteiger partial charge in [-0.25, -0.2) is 0 Å². The molecular weight excluding hydrogens is 250 g/mol. The van der Waals surface area contributed by atoms with Gasteiger partial charge < -0.3 is 11.1 Å². The van der Waals surface area contributed by atoms with E-state index in [-0.39, 0.29) is 18.3 Å². The van der Waals surface area contributed by atoms with Crippen molar-refractivity contribution in [2.24, 2.45) is 11.1 Å². The summed E-state index contributed by atoms with van der Waals surface area (Å²) < 4.78 is 0. The number of rotatable bonds is 5. The van der Waals surface area contributed by atoms with Crippen LogP contribution >= 0.6 is 12.4 Å². The van der Waals surface area contributed by atoms with Crippen molar-refractivity contribution in [3.63, 3.8) is 0 Å². The molecule has 18 heavy (non-hydrogen) atoms. The van der Waals surface area contributed by atoms with E-state index < -0.39 is 5.41 Å². The molecule has 0 aromatic carbocycles. The topological polar surface area (TPSA) is 68.0 Å². The Morgan fingerprint density at radius 3 is 2.39 bits per heavy atom. The first-order chi connectivity index (χ1) is 8.07. The smallest absolute Gasteiger partial charge is 0.231 e. The van der Waals surface area contributed by atoms with Gasteiger partial charge in [0.05, 0.1) is 17.3 Å². The number of pyridine rings is 1. The van der Waals surface area contributed by atoms with Gasteiger partial charge in [-0.15, -0.1) is 12.4 Å². The molecule has 5 heteroatoms. The molecule has 0 atom stereocenters. The van der Waals surface area contributed by atoms with E-state index in [4.69, 9.17) is 5.73 Å². The van der Waals surface area contributed by atoms with Gasteiger partial charge in [0.25, 0.3) is 0 Å². The number of nitrogens with one attached hydrogen (secondary N) is 1. The largest absolute Gasteiger partial charge is 0.329 e. The number of nitrogens with two attached hydrogens (primary N) is 1. The minimum Gasteiger partial charge on any atom is -0.329 e. The number of hydrogen-bond acceptors (Lipinski definition) is 3. The highest BCUT2D eigenvalue weighted by atomic mass is 35.5. The van der Waals surface area contributed by atoms with Gasteiger partial charge in [0.15, 0.2) is 0 Å². The van der Waals surface area contributed by atoms with Gasteiger partial charge in [-0.1, -0.05) is 13.8 Å². The van der Waals surface area contributed by atoms with Gasteiger partial charge in [0.2, 0.25) is 5.91 Å². The summed E-state index contributed by atoms with van der Waals surface area (Å²) in [5.74, 6) is -0.0179. The first-order valence-electron chi connectivity index (χ1n) is 6.02. The van der Waals surface area contributed by atoms with Crippen LogP contribution in [-0.2, 0) is 4.79 Å². The third-order valence-electron chi connectivity index (χ3n) is 3.40. The van der Waals surface area contributed by atoms with Gasteiger partial charge in [-0.3, -0.25) is 9.78 Å². The average molecular weight is 272 g/mol. The summed E-state index contributed by atoms with van der Waals surface area (Å²) >= 11 is 0. The summed E-state index contributed by atoms with van der Waals surface area (Å²) in [7, 11) is 0. The molecule has 0 aliphatic heterocycles. The molecule has 4 nitrogen and oxygen atoms in total. The van der Waals surface area contributed by atoms with Crippen LogP contribution in [0.15, 0.2) is 18.3 Å². The SMILES string of the molecule is CCC(CC)(CN)C(=O)Nc1ccc(C)nc1.Cl. The molecule has 0 unspecified atom stereocenters. The van der Waals surface area contributed by atoms with Crippen LogP contribution in [0.4, 0.5) is 5.69 Å². The summed E-state index contributed by atoms with van der Waals surface area (Å²) in [6.45, 7) is 6.26. The summed E-state index contributed by atoms with van der Waals surface area (Å²) in [6, 6.07) is 3.73. The Bertz CT molecular complexity index is 366. The van der Waals surface area contributed by atoms with Gasteiger partial charge >= 0.3 is 0 Å². The molecule has 1 amide bonds. The van der Waals surface area contributed by atoms with E-state index in [1.165, 1.54) is 0 Å². The Morgan fingerprint density at radius 1 is 1.39 bits per heavy atom. The Labute approximate surface area is 115 Å². The number of aryl methyl sites for hydroxylation is 1. The normalized spacial score (nSPS) is 10.7. The molecular formula is C13H22ClN3O. The molecule has 1 heterocycles. The number of nitrogens with zero attached hydrogens (tertiary/aromatic N) is 1. The zero-order valence-electron chi connectivity index (χ0n) is 11.2. The molecule has 0 aliphatic carbocycles. The predicted octanol–water partition coefficient (Wildman–Crippen LogP) is 2.52. The molecule has 3 N–H and O–H groups in total. The summed E-state index contributed by atoms with van der Waals surface area (Å²) in [4.78, 5) is 16.3. The number of carbonyl (C=O) groups is 1. The lowest BCUT2D eigenvalue weighted by molar-refractivity contribution is -0.125. The molecule has 1 aromatic rings. The van der Waals surface area contributed by atoms with Crippen LogP contribution in [0.5, 0.6) is 0 Å². The lowest BCUT2D eigenvalue weighted by Gasteiger charge is -2.28. The van der Waals surface area contributed by atoms with Crippen LogP contribution in [0.25, 0.3) is 0 Å². The van der Waals surface area contributed by atoms with E-state index in [2.05, 4.69) is 10.3 Å². The van der Waals surface area contributed by atoms with E-state index in [1.807, 2.05) is 32.9 Å². The number of halogens is 1. The monoisotopic (exact) mass is 271 g/mol. The third kappa shape index (κ3) is 3.68. The van der Waals surface area contributed by atoms with Gasteiger partial charge in [-0.05, 0) is 31.9 Å². The second-order valence-corrected chi connectivity index (χ2v) is 4.33. The zero-order valence-corrected chi connectivity index (χ0v) is 12.0. The van der Waals surface area contributed by atoms with Crippen molar-refractivity contribution < 1.29 is 4.79 Å². The first kappa shape index (κ1) is 16.9. The second kappa shape index (κ2) is 7.34. The summed E-state index contributed by atoms with van der Waals surface area (Å²) in [5, 5.41) is 2.88. The maximum absolute atomic E-state index is 12.2. The van der Waals surface area contributed by atoms with Crippen LogP contribution in [-0.4, -0.2) is 17.4 Å². The van der Waals surface area contributed by atoms with E-state index in [1.54, 1.807) is 6.20 Å². The Balaban J connectivity index is 0.00000289. The van der Waals surface area contributed by atoms with Crippen LogP contribution in [0.2, 0.25) is 0 Å². The maximum atomic E-state index is 12.2. The standard InChI is InChI=1S/C13H21N3O.ClH/c1-4-13(5-2,9-14)12(17)16-11-7-6-10(3)15-8-11;/h6-8H,4-5,9,14H2,1-3H3,(H,16,17);1H. The second-order valence-electron chi connectivity index (χ2n) is 4.33. The molecule has 1 rings (SSSR count). The van der Waals surface area contributed by atoms with Crippen molar-refractivity contribution in [3.8, 4) is 0 Å². The minimum absolute atomic E-state index is 0. The van der Waals surface area contributed by atoms with Crippen molar-refractivity contribution in [3.05, 3.63) is 24.0 Å². The molecule has 102 valence electrons. The highest BCUT2D eigenvalue weighted by molar-refractivity contribution is 5.95. The number of carbonyl (C=O) groups excluding carboxylic acids is 1. The third-order valence-corrected chi connectivity index (χ3v) is 3.40. The van der Waals surface area contributed by atoms with E-state index >= 15 is 0 Å². The molecule has 0 radical (unpaired) electrons. The van der Waals surface area contributed by atoms with Crippen molar-refractivity contribution in [1.29, 1.82) is 0 Å². The fourth-order valence-corrected chi connectivity index (χ4v) is 1.76. The molecule has 0 fully saturated rings. The molecule has 0 spiro atoms. The lowest BCUT2D eigenvalue weighted by atomic mass is 9.81. The minimum atomic E-state index is -0.467. The van der Waals surface area contributed by atoms with Crippen LogP contribution in [0, 0.1) is 12.3 Å². The van der Waals surface area contributed by atoms with Crippen LogP contribution in [0.3, 0.4) is 0 Å². The zero-order chi connectivity index (χ0) is 12.9. The first-order valence-corrected chi connectivity index (χ1v) is 6.02. The van der Waals surface area contributed by atoms with E-state index in [0.717, 1.165) is 24.2 Å². The molecule has 0 aliphatic rings. The van der Waals surface area contributed by atoms with Crippen molar-refractivity contribution >= 4 is 24.0 Å². The maximum Gasteiger partial charge on any atom is 0.231 e. The molecule has 1 aromatic heterocycles. The highest BCUT2D eigenvalue weighted by Gasteiger charge is 2.33. The van der Waals surface area contributed by atoms with Crippen molar-refractivity contribution in [2.45, 2.75) is 33.6 Å². The van der Waals surface area contributed by atoms with Gasteiger partial charge in [-0.2, -0.15) is 0 Å². The molecule has 0 bridgehead atoms. The van der Waals surface area contributed by atoms with Gasteiger partial charge in [0.1, 0.15) is 0 Å². The highest BCUT2D eigenvalue weighted by Crippen LogP contribution is 2.26. The average Bonchev–Trinajstić information content (AvgIpc) is 2.35. The lowest BCUT2D eigenvalue weighted by Crippen LogP contribution is -2.41. The Kier molecular flexibility index (Phi) is 6.88. The predicted molar refractivity (Wildman–Crippen MR) is 76.9 cm³/mol. The number of amides is 1. The molecule has 0 saturated heterocycles. The fourth-order valence-electron chi connectivity index (χ4n) is 1.76. The number of anilines is 1. The van der Waals surface area contributed by atoms with Crippen molar-refractivity contribution in [1.82, 2.24) is 4.98 Å². The van der Waals surface area contributed by atoms with E-state index in [0.29, 0.717) is 6.54 Å². The summed E-state index contributed by atoms with van der Waals surface area (Å²) in [5.41, 5.74) is 6.92. The Hall–Kier alpha value is -1.13. The number of hydrogen-bond donors (Lipinski definition) is 2. The van der Waals surface area contributed by atoms with E-state index in [9.17, 15) is 4.79 Å². The van der Waals surface area contributed by atoms with Crippen LogP contribution in [0.1, 0.15) is 32.4 Å². The van der Waals surface area contributed by atoms with Crippen molar-refractivity contribution in [2.75, 3.05) is 11.9 Å². The van der Waals surface area contributed by atoms with Crippen LogP contribution < -0.4 is 11.1 Å². The summed E-state index contributed by atoms with van der Waals surface area (Å²) in [6.07, 6.45) is 3.15. The fraction of sp³-hybridized carbons (Fsp3) is 0.538. The Morgan fingerprint density at radius 2 is 2.00 bits per heavy atom. The molecule has 0 saturated carbocycles. The quantitative estimate of drug-likeness (QED) is 0.865. The number of aromatic nitrogens is 1. The van der Waals surface area contributed by atoms with Gasteiger partial charge in [0, 0.05) is 12.2 Å².